The van der Waals surface area contributed by atoms with Crippen LogP contribution in [0.25, 0.3) is 11.3 Å². The number of nitrogens with one attached hydrogen (secondary N) is 1. The van der Waals surface area contributed by atoms with Crippen molar-refractivity contribution in [1.29, 1.82) is 0 Å². The number of methoxy groups -OCH3 is 1. The van der Waals surface area contributed by atoms with Gasteiger partial charge < -0.3 is 14.5 Å². The van der Waals surface area contributed by atoms with Crippen molar-refractivity contribution < 1.29 is 9.15 Å². The highest BCUT2D eigenvalue weighted by Crippen LogP contribution is 2.22. The van der Waals surface area contributed by atoms with Crippen molar-refractivity contribution in [3.8, 4) is 11.3 Å². The second-order valence-corrected chi connectivity index (χ2v) is 5.37. The van der Waals surface area contributed by atoms with E-state index in [9.17, 15) is 0 Å². The number of ether oxygens (including phenoxy) is 1. The lowest BCUT2D eigenvalue weighted by atomic mass is 10.2. The third kappa shape index (κ3) is 4.59. The molecule has 0 amide bonds. The van der Waals surface area contributed by atoms with Crippen molar-refractivity contribution >= 4 is 22.6 Å². The van der Waals surface area contributed by atoms with Crippen LogP contribution in [0.5, 0.6) is 0 Å². The predicted molar refractivity (Wildman–Crippen MR) is 83.1 cm³/mol. The maximum atomic E-state index is 5.75. The Balaban J connectivity index is 1.88. The molecule has 2 rings (SSSR count). The Morgan fingerprint density at radius 1 is 1.37 bits per heavy atom. The van der Waals surface area contributed by atoms with E-state index in [4.69, 9.17) is 9.15 Å². The van der Waals surface area contributed by atoms with Gasteiger partial charge in [-0.1, -0.05) is 12.1 Å². The lowest BCUT2D eigenvalue weighted by molar-refractivity contribution is 0.199. The Kier molecular flexibility index (Phi) is 5.81. The fourth-order valence-corrected chi connectivity index (χ4v) is 2.24. The van der Waals surface area contributed by atoms with Crippen LogP contribution in [-0.2, 0) is 11.2 Å². The van der Waals surface area contributed by atoms with E-state index in [0.717, 1.165) is 43.3 Å². The van der Waals surface area contributed by atoms with E-state index in [2.05, 4.69) is 45.0 Å². The van der Waals surface area contributed by atoms with Crippen LogP contribution < -0.4 is 5.32 Å². The van der Waals surface area contributed by atoms with Gasteiger partial charge in [-0.05, 0) is 34.7 Å². The largest absolute Gasteiger partial charge is 0.441 e. The van der Waals surface area contributed by atoms with E-state index >= 15 is 0 Å². The van der Waals surface area contributed by atoms with Crippen LogP contribution in [0, 0.1) is 3.57 Å². The number of oxazole rings is 1. The molecule has 0 saturated heterocycles. The summed E-state index contributed by atoms with van der Waals surface area (Å²) in [5.41, 5.74) is 1.07. The molecule has 5 heteroatoms. The molecule has 0 aliphatic heterocycles. The second-order valence-electron chi connectivity index (χ2n) is 4.12. The summed E-state index contributed by atoms with van der Waals surface area (Å²) in [5.74, 6) is 1.59. The first-order chi connectivity index (χ1) is 9.29. The average molecular weight is 372 g/mol. The summed E-state index contributed by atoms with van der Waals surface area (Å²) in [6.07, 6.45) is 2.57. The molecule has 0 bridgehead atoms. The van der Waals surface area contributed by atoms with E-state index in [1.54, 1.807) is 13.3 Å². The summed E-state index contributed by atoms with van der Waals surface area (Å²) in [7, 11) is 1.70. The van der Waals surface area contributed by atoms with Gasteiger partial charge in [-0.25, -0.2) is 4.98 Å². The smallest absolute Gasteiger partial charge is 0.196 e. The van der Waals surface area contributed by atoms with Gasteiger partial charge in [0.1, 0.15) is 0 Å². The normalized spacial score (nSPS) is 10.8. The number of benzene rings is 1. The first-order valence-corrected chi connectivity index (χ1v) is 7.28. The molecule has 19 heavy (non-hydrogen) atoms. The van der Waals surface area contributed by atoms with Gasteiger partial charge in [0.2, 0.25) is 0 Å². The second kappa shape index (κ2) is 7.62. The van der Waals surface area contributed by atoms with Crippen molar-refractivity contribution in [3.63, 3.8) is 0 Å². The van der Waals surface area contributed by atoms with Crippen molar-refractivity contribution in [2.45, 2.75) is 6.42 Å². The van der Waals surface area contributed by atoms with E-state index in [-0.39, 0.29) is 0 Å². The Bertz CT molecular complexity index is 514. The molecule has 0 atom stereocenters. The highest BCUT2D eigenvalue weighted by atomic mass is 127. The van der Waals surface area contributed by atoms with Gasteiger partial charge in [0.05, 0.1) is 12.8 Å². The molecular weight excluding hydrogens is 355 g/mol. The van der Waals surface area contributed by atoms with Crippen LogP contribution in [0.15, 0.2) is 34.9 Å². The van der Waals surface area contributed by atoms with Crippen LogP contribution in [0.4, 0.5) is 0 Å². The minimum absolute atomic E-state index is 0.722. The summed E-state index contributed by atoms with van der Waals surface area (Å²) < 4.78 is 11.9. The van der Waals surface area contributed by atoms with Gasteiger partial charge in [0.25, 0.3) is 0 Å². The van der Waals surface area contributed by atoms with Crippen molar-refractivity contribution in [1.82, 2.24) is 10.3 Å². The quantitative estimate of drug-likeness (QED) is 0.600. The summed E-state index contributed by atoms with van der Waals surface area (Å²) >= 11 is 2.29. The average Bonchev–Trinajstić information content (AvgIpc) is 2.87. The number of nitrogens with zero attached hydrogens (tertiary/aromatic N) is 1. The van der Waals surface area contributed by atoms with Crippen LogP contribution in [0.2, 0.25) is 0 Å². The molecule has 0 saturated carbocycles. The van der Waals surface area contributed by atoms with Crippen molar-refractivity contribution in [2.24, 2.45) is 0 Å². The zero-order valence-electron chi connectivity index (χ0n) is 10.9. The molecule has 1 aromatic heterocycles. The Labute approximate surface area is 126 Å². The molecule has 1 aromatic carbocycles. The summed E-state index contributed by atoms with van der Waals surface area (Å²) in [6.45, 7) is 2.41. The SMILES string of the molecule is COCCNCCc1ncc(-c2cccc(I)c2)o1. The third-order valence-electron chi connectivity index (χ3n) is 2.66. The number of hydrogen-bond donors (Lipinski definition) is 1. The molecule has 4 nitrogen and oxygen atoms in total. The molecule has 0 radical (unpaired) electrons. The maximum Gasteiger partial charge on any atom is 0.196 e. The zero-order chi connectivity index (χ0) is 13.5. The molecule has 0 spiro atoms. The number of halogens is 1. The van der Waals surface area contributed by atoms with Crippen molar-refractivity contribution in [2.75, 3.05) is 26.8 Å². The van der Waals surface area contributed by atoms with E-state index in [1.165, 1.54) is 3.57 Å². The first-order valence-electron chi connectivity index (χ1n) is 6.20. The fourth-order valence-electron chi connectivity index (χ4n) is 1.70. The number of rotatable bonds is 7. The predicted octanol–water partition coefficient (Wildman–Crippen LogP) is 2.72. The van der Waals surface area contributed by atoms with Gasteiger partial charge >= 0.3 is 0 Å². The molecule has 0 aliphatic rings. The topological polar surface area (TPSA) is 47.3 Å². The van der Waals surface area contributed by atoms with Crippen LogP contribution >= 0.6 is 22.6 Å². The minimum Gasteiger partial charge on any atom is -0.441 e. The van der Waals surface area contributed by atoms with Gasteiger partial charge in [0, 0.05) is 35.8 Å². The van der Waals surface area contributed by atoms with Gasteiger partial charge in [-0.2, -0.15) is 0 Å². The van der Waals surface area contributed by atoms with Gasteiger partial charge in [-0.15, -0.1) is 0 Å². The number of aromatic nitrogens is 1. The van der Waals surface area contributed by atoms with Crippen molar-refractivity contribution in [3.05, 3.63) is 39.9 Å². The van der Waals surface area contributed by atoms with E-state index < -0.39 is 0 Å². The first kappa shape index (κ1) is 14.5. The Morgan fingerprint density at radius 2 is 2.26 bits per heavy atom. The van der Waals surface area contributed by atoms with Gasteiger partial charge in [-0.3, -0.25) is 0 Å². The molecule has 0 aliphatic carbocycles. The molecule has 0 fully saturated rings. The number of hydrogen-bond acceptors (Lipinski definition) is 4. The van der Waals surface area contributed by atoms with Crippen LogP contribution in [-0.4, -0.2) is 31.8 Å². The molecule has 2 aromatic rings. The molecular formula is C14H17IN2O2. The minimum atomic E-state index is 0.722. The summed E-state index contributed by atoms with van der Waals surface area (Å²) in [5, 5.41) is 3.27. The molecule has 1 heterocycles. The molecule has 102 valence electrons. The Morgan fingerprint density at radius 3 is 3.05 bits per heavy atom. The lowest BCUT2D eigenvalue weighted by Crippen LogP contribution is -2.21. The summed E-state index contributed by atoms with van der Waals surface area (Å²) in [6, 6.07) is 8.19. The monoisotopic (exact) mass is 372 g/mol. The molecule has 1 N–H and O–H groups in total. The van der Waals surface area contributed by atoms with Crippen LogP contribution in [0.1, 0.15) is 5.89 Å². The highest BCUT2D eigenvalue weighted by Gasteiger charge is 2.06. The summed E-state index contributed by atoms with van der Waals surface area (Å²) in [4.78, 5) is 4.30. The van der Waals surface area contributed by atoms with Crippen LogP contribution in [0.3, 0.4) is 0 Å². The lowest BCUT2D eigenvalue weighted by Gasteiger charge is -2.01. The van der Waals surface area contributed by atoms with E-state index in [1.807, 2.05) is 12.1 Å². The van der Waals surface area contributed by atoms with E-state index in [0.29, 0.717) is 0 Å². The highest BCUT2D eigenvalue weighted by molar-refractivity contribution is 14.1. The maximum absolute atomic E-state index is 5.75. The molecule has 0 unspecified atom stereocenters. The third-order valence-corrected chi connectivity index (χ3v) is 3.33. The van der Waals surface area contributed by atoms with Gasteiger partial charge in [0.15, 0.2) is 11.7 Å². The zero-order valence-corrected chi connectivity index (χ0v) is 13.0. The fraction of sp³-hybridized carbons (Fsp3) is 0.357. The Hall–Kier alpha value is -0.920. The standard InChI is InChI=1S/C14H17IN2O2/c1-18-8-7-16-6-5-14-17-10-13(19-14)11-3-2-4-12(15)9-11/h2-4,9-10,16H,5-8H2,1H3.